The number of nitrogens with zero attached hydrogens (tertiary/aromatic N) is 1. The van der Waals surface area contributed by atoms with Gasteiger partial charge in [0.1, 0.15) is 5.75 Å². The maximum Gasteiger partial charge on any atom is 0.312 e. The molecule has 0 fully saturated rings. The highest BCUT2D eigenvalue weighted by atomic mass is 16.5. The van der Waals surface area contributed by atoms with Crippen LogP contribution in [0.4, 0.5) is 0 Å². The highest BCUT2D eigenvalue weighted by Gasteiger charge is 2.12. The van der Waals surface area contributed by atoms with Gasteiger partial charge in [-0.3, -0.25) is 4.79 Å². The van der Waals surface area contributed by atoms with E-state index in [1.54, 1.807) is 0 Å². The van der Waals surface area contributed by atoms with Gasteiger partial charge in [0, 0.05) is 6.42 Å². The summed E-state index contributed by atoms with van der Waals surface area (Å²) in [4.78, 5) is 11.3. The van der Waals surface area contributed by atoms with Gasteiger partial charge in [-0.1, -0.05) is 6.07 Å². The van der Waals surface area contributed by atoms with E-state index in [0.29, 0.717) is 5.75 Å². The molecular formula is C13H13NO2. The fourth-order valence-electron chi connectivity index (χ4n) is 1.95. The summed E-state index contributed by atoms with van der Waals surface area (Å²) in [6.07, 6.45) is 3.75. The van der Waals surface area contributed by atoms with Gasteiger partial charge < -0.3 is 4.74 Å². The Morgan fingerprint density at radius 2 is 2.19 bits per heavy atom. The summed E-state index contributed by atoms with van der Waals surface area (Å²) in [6.45, 7) is 0. The molecule has 0 saturated heterocycles. The summed E-state index contributed by atoms with van der Waals surface area (Å²) >= 11 is 0. The van der Waals surface area contributed by atoms with Crippen LogP contribution in [0.5, 0.6) is 5.75 Å². The molecule has 82 valence electrons. The number of benzene rings is 1. The monoisotopic (exact) mass is 215 g/mol. The van der Waals surface area contributed by atoms with Crippen molar-refractivity contribution in [2.24, 2.45) is 0 Å². The van der Waals surface area contributed by atoms with Crippen molar-refractivity contribution in [1.82, 2.24) is 0 Å². The summed E-state index contributed by atoms with van der Waals surface area (Å²) in [7, 11) is 0. The summed E-state index contributed by atoms with van der Waals surface area (Å²) in [5.74, 6) is 0.267. The molecule has 3 nitrogen and oxygen atoms in total. The largest absolute Gasteiger partial charge is 0.426 e. The first-order valence-electron chi connectivity index (χ1n) is 5.49. The molecule has 2 rings (SSSR count). The molecule has 1 aromatic carbocycles. The first-order valence-corrected chi connectivity index (χ1v) is 5.49. The molecule has 3 heteroatoms. The van der Waals surface area contributed by atoms with Crippen molar-refractivity contribution < 1.29 is 9.53 Å². The van der Waals surface area contributed by atoms with Crippen LogP contribution in [0.15, 0.2) is 18.2 Å². The van der Waals surface area contributed by atoms with Crippen molar-refractivity contribution in [3.8, 4) is 11.8 Å². The van der Waals surface area contributed by atoms with Crippen molar-refractivity contribution in [2.75, 3.05) is 0 Å². The number of carbonyl (C=O) groups excluding carboxylic acids is 1. The maximum atomic E-state index is 11.3. The number of esters is 1. The number of aryl methyl sites for hydroxylation is 2. The average molecular weight is 215 g/mol. The number of ether oxygens (including phenoxy) is 1. The van der Waals surface area contributed by atoms with Gasteiger partial charge in [0.25, 0.3) is 0 Å². The lowest BCUT2D eigenvalue weighted by Gasteiger charge is -2.05. The summed E-state index contributed by atoms with van der Waals surface area (Å²) in [5.41, 5.74) is 2.64. The Labute approximate surface area is 94.6 Å². The van der Waals surface area contributed by atoms with Crippen LogP contribution in [0, 0.1) is 11.3 Å². The van der Waals surface area contributed by atoms with E-state index < -0.39 is 0 Å². The van der Waals surface area contributed by atoms with Crippen molar-refractivity contribution in [3.63, 3.8) is 0 Å². The summed E-state index contributed by atoms with van der Waals surface area (Å²) in [5, 5.41) is 8.35. The molecule has 16 heavy (non-hydrogen) atoms. The lowest BCUT2D eigenvalue weighted by molar-refractivity contribution is -0.134. The zero-order valence-electron chi connectivity index (χ0n) is 9.03. The molecule has 0 spiro atoms. The standard InChI is InChI=1S/C13H13NO2/c14-8-2-5-13(15)16-12-7-6-10-3-1-4-11(10)9-12/h6-7,9H,1-5H2. The van der Waals surface area contributed by atoms with Crippen LogP contribution >= 0.6 is 0 Å². The van der Waals surface area contributed by atoms with E-state index in [1.165, 1.54) is 17.5 Å². The van der Waals surface area contributed by atoms with E-state index in [9.17, 15) is 4.79 Å². The Hall–Kier alpha value is -1.82. The molecule has 0 radical (unpaired) electrons. The number of nitriles is 1. The molecule has 0 aliphatic heterocycles. The maximum absolute atomic E-state index is 11.3. The third-order valence-electron chi connectivity index (χ3n) is 2.74. The lowest BCUT2D eigenvalue weighted by atomic mass is 10.1. The number of fused-ring (bicyclic) bond motifs is 1. The van der Waals surface area contributed by atoms with Crippen LogP contribution < -0.4 is 4.74 Å². The molecule has 1 aromatic rings. The third kappa shape index (κ3) is 2.40. The van der Waals surface area contributed by atoms with Crippen LogP contribution in [0.3, 0.4) is 0 Å². The fraction of sp³-hybridized carbons (Fsp3) is 0.385. The van der Waals surface area contributed by atoms with Crippen molar-refractivity contribution >= 4 is 5.97 Å². The van der Waals surface area contributed by atoms with E-state index in [2.05, 4.69) is 0 Å². The van der Waals surface area contributed by atoms with Gasteiger partial charge in [-0.15, -0.1) is 0 Å². The van der Waals surface area contributed by atoms with Gasteiger partial charge in [0.15, 0.2) is 0 Å². The smallest absolute Gasteiger partial charge is 0.312 e. The van der Waals surface area contributed by atoms with Crippen LogP contribution in [-0.4, -0.2) is 5.97 Å². The fourth-order valence-corrected chi connectivity index (χ4v) is 1.95. The van der Waals surface area contributed by atoms with Crippen LogP contribution in [0.2, 0.25) is 0 Å². The molecule has 0 unspecified atom stereocenters. The van der Waals surface area contributed by atoms with Gasteiger partial charge in [-0.25, -0.2) is 0 Å². The zero-order chi connectivity index (χ0) is 11.4. The average Bonchev–Trinajstić information content (AvgIpc) is 2.73. The van der Waals surface area contributed by atoms with Gasteiger partial charge in [0.05, 0.1) is 12.5 Å². The van der Waals surface area contributed by atoms with E-state index >= 15 is 0 Å². The topological polar surface area (TPSA) is 50.1 Å². The Morgan fingerprint density at radius 1 is 1.38 bits per heavy atom. The Balaban J connectivity index is 2.00. The van der Waals surface area contributed by atoms with Crippen LogP contribution in [0.25, 0.3) is 0 Å². The van der Waals surface area contributed by atoms with E-state index in [0.717, 1.165) is 12.8 Å². The quantitative estimate of drug-likeness (QED) is 0.574. The van der Waals surface area contributed by atoms with E-state index in [4.69, 9.17) is 10.00 Å². The molecule has 0 aromatic heterocycles. The number of hydrogen-bond donors (Lipinski definition) is 0. The third-order valence-corrected chi connectivity index (χ3v) is 2.74. The number of carbonyl (C=O) groups is 1. The van der Waals surface area contributed by atoms with Gasteiger partial charge >= 0.3 is 5.97 Å². The second-order valence-electron chi connectivity index (χ2n) is 3.92. The molecule has 0 N–H and O–H groups in total. The van der Waals surface area contributed by atoms with Crippen molar-refractivity contribution in [2.45, 2.75) is 32.1 Å². The number of rotatable bonds is 3. The number of hydrogen-bond acceptors (Lipinski definition) is 3. The SMILES string of the molecule is N#CCCC(=O)Oc1ccc2c(c1)CCC2. The van der Waals surface area contributed by atoms with Gasteiger partial charge in [-0.2, -0.15) is 5.26 Å². The minimum absolute atomic E-state index is 0.160. The minimum atomic E-state index is -0.334. The summed E-state index contributed by atoms with van der Waals surface area (Å²) < 4.78 is 5.15. The molecule has 0 saturated carbocycles. The molecule has 0 heterocycles. The zero-order valence-corrected chi connectivity index (χ0v) is 9.03. The predicted molar refractivity (Wildman–Crippen MR) is 58.9 cm³/mol. The molecule has 0 atom stereocenters. The minimum Gasteiger partial charge on any atom is -0.426 e. The van der Waals surface area contributed by atoms with Crippen molar-refractivity contribution in [3.05, 3.63) is 29.3 Å². The van der Waals surface area contributed by atoms with E-state index in [1.807, 2.05) is 24.3 Å². The molecule has 1 aliphatic rings. The Morgan fingerprint density at radius 3 is 3.00 bits per heavy atom. The first kappa shape index (κ1) is 10.7. The van der Waals surface area contributed by atoms with Crippen LogP contribution in [0.1, 0.15) is 30.4 Å². The second-order valence-corrected chi connectivity index (χ2v) is 3.92. The van der Waals surface area contributed by atoms with E-state index in [-0.39, 0.29) is 18.8 Å². The highest BCUT2D eigenvalue weighted by molar-refractivity contribution is 5.72. The van der Waals surface area contributed by atoms with Crippen molar-refractivity contribution in [1.29, 1.82) is 5.26 Å². The second kappa shape index (κ2) is 4.80. The molecule has 0 amide bonds. The lowest BCUT2D eigenvalue weighted by Crippen LogP contribution is -2.07. The Kier molecular flexibility index (Phi) is 3.21. The predicted octanol–water partition coefficient (Wildman–Crippen LogP) is 2.38. The molecule has 1 aliphatic carbocycles. The molecular weight excluding hydrogens is 202 g/mol. The first-order chi connectivity index (χ1) is 7.79. The van der Waals surface area contributed by atoms with Gasteiger partial charge in [0.2, 0.25) is 0 Å². The molecule has 0 bridgehead atoms. The van der Waals surface area contributed by atoms with Gasteiger partial charge in [-0.05, 0) is 42.5 Å². The van der Waals surface area contributed by atoms with Crippen LogP contribution in [-0.2, 0) is 17.6 Å². The normalized spacial score (nSPS) is 12.9. The summed E-state index contributed by atoms with van der Waals surface area (Å²) in [6, 6.07) is 7.71. The highest BCUT2D eigenvalue weighted by Crippen LogP contribution is 2.26. The Bertz CT molecular complexity index is 446.